The van der Waals surface area contributed by atoms with Crippen LogP contribution in [0, 0.1) is 0 Å². The largest absolute Gasteiger partial charge is 0.504 e. The molecule has 0 bridgehead atoms. The number of carbonyl (C=O) groups excluding carboxylic acids is 2. The molecule has 0 saturated heterocycles. The van der Waals surface area contributed by atoms with E-state index in [9.17, 15) is 14.7 Å². The van der Waals surface area contributed by atoms with Crippen molar-refractivity contribution < 1.29 is 23.8 Å². The highest BCUT2D eigenvalue weighted by atomic mass is 16.5. The molecule has 0 spiro atoms. The molecule has 0 radical (unpaired) electrons. The molecule has 0 aliphatic carbocycles. The summed E-state index contributed by atoms with van der Waals surface area (Å²) < 4.78 is 10.0. The minimum absolute atomic E-state index is 0.0224. The molecule has 0 aliphatic heterocycles. The van der Waals surface area contributed by atoms with Crippen LogP contribution in [0.15, 0.2) is 53.2 Å². The van der Waals surface area contributed by atoms with E-state index < -0.39 is 0 Å². The van der Waals surface area contributed by atoms with Crippen molar-refractivity contribution in [2.24, 2.45) is 0 Å². The third-order valence-corrected chi connectivity index (χ3v) is 2.99. The molecule has 0 unspecified atom stereocenters. The molecule has 5 heteroatoms. The van der Waals surface area contributed by atoms with Crippen molar-refractivity contribution in [3.8, 4) is 11.5 Å². The van der Waals surface area contributed by atoms with E-state index in [0.29, 0.717) is 17.1 Å². The summed E-state index contributed by atoms with van der Waals surface area (Å²) in [4.78, 5) is 23.4. The SMILES string of the molecule is COc1cc(C=CC(=O)CC(=O)C=Cc2ccco2)ccc1O. The number of furan rings is 1. The average Bonchev–Trinajstić information content (AvgIpc) is 3.05. The van der Waals surface area contributed by atoms with Gasteiger partial charge in [0.25, 0.3) is 0 Å². The standard InChI is InChI=1S/C18H16O5/c1-22-18-11-13(5-9-17(18)21)4-6-14(19)12-15(20)7-8-16-3-2-10-23-16/h2-11,21H,12H2,1H3. The maximum Gasteiger partial charge on any atom is 0.163 e. The summed E-state index contributed by atoms with van der Waals surface area (Å²) in [7, 11) is 1.44. The van der Waals surface area contributed by atoms with Crippen molar-refractivity contribution in [1.29, 1.82) is 0 Å². The van der Waals surface area contributed by atoms with Gasteiger partial charge in [-0.15, -0.1) is 0 Å². The van der Waals surface area contributed by atoms with Gasteiger partial charge >= 0.3 is 0 Å². The lowest BCUT2D eigenvalue weighted by Crippen LogP contribution is -2.01. The topological polar surface area (TPSA) is 76.7 Å². The zero-order chi connectivity index (χ0) is 16.7. The van der Waals surface area contributed by atoms with Gasteiger partial charge in [0.1, 0.15) is 5.76 Å². The molecule has 2 aromatic rings. The lowest BCUT2D eigenvalue weighted by molar-refractivity contribution is -0.121. The Hall–Kier alpha value is -3.08. The number of benzene rings is 1. The van der Waals surface area contributed by atoms with Gasteiger partial charge in [0.05, 0.1) is 19.8 Å². The summed E-state index contributed by atoms with van der Waals surface area (Å²) in [6, 6.07) is 8.13. The van der Waals surface area contributed by atoms with Crippen molar-refractivity contribution in [2.45, 2.75) is 6.42 Å². The van der Waals surface area contributed by atoms with Crippen molar-refractivity contribution in [1.82, 2.24) is 0 Å². The first kappa shape index (κ1) is 16.3. The number of phenols is 1. The minimum Gasteiger partial charge on any atom is -0.504 e. The quantitative estimate of drug-likeness (QED) is 0.627. The van der Waals surface area contributed by atoms with Crippen LogP contribution in [0.4, 0.5) is 0 Å². The summed E-state index contributed by atoms with van der Waals surface area (Å²) in [5.74, 6) is 0.272. The van der Waals surface area contributed by atoms with Crippen LogP contribution in [0.1, 0.15) is 17.7 Å². The monoisotopic (exact) mass is 312 g/mol. The Kier molecular flexibility index (Phi) is 5.52. The third-order valence-electron chi connectivity index (χ3n) is 2.99. The number of rotatable bonds is 7. The number of hydrogen-bond acceptors (Lipinski definition) is 5. The molecular weight excluding hydrogens is 296 g/mol. The molecule has 0 amide bonds. The molecule has 1 aromatic carbocycles. The van der Waals surface area contributed by atoms with Crippen LogP contribution in [0.25, 0.3) is 12.2 Å². The van der Waals surface area contributed by atoms with E-state index in [-0.39, 0.29) is 23.7 Å². The van der Waals surface area contributed by atoms with Crippen LogP contribution in [-0.2, 0) is 9.59 Å². The number of carbonyl (C=O) groups is 2. The van der Waals surface area contributed by atoms with Crippen molar-refractivity contribution >= 4 is 23.7 Å². The van der Waals surface area contributed by atoms with Crippen LogP contribution >= 0.6 is 0 Å². The number of phenolic OH excluding ortho intramolecular Hbond substituents is 1. The Morgan fingerprint density at radius 3 is 2.57 bits per heavy atom. The van der Waals surface area contributed by atoms with Gasteiger partial charge in [0, 0.05) is 0 Å². The molecule has 118 valence electrons. The van der Waals surface area contributed by atoms with Crippen LogP contribution in [-0.4, -0.2) is 23.8 Å². The fraction of sp³-hybridized carbons (Fsp3) is 0.111. The summed E-state index contributed by atoms with van der Waals surface area (Å²) >= 11 is 0. The summed E-state index contributed by atoms with van der Waals surface area (Å²) in [5.41, 5.74) is 0.687. The summed E-state index contributed by atoms with van der Waals surface area (Å²) in [5, 5.41) is 9.49. The molecule has 1 heterocycles. The molecule has 1 N–H and O–H groups in total. The molecule has 0 saturated carbocycles. The zero-order valence-electron chi connectivity index (χ0n) is 12.6. The number of methoxy groups -OCH3 is 1. The fourth-order valence-corrected chi connectivity index (χ4v) is 1.84. The van der Waals surface area contributed by atoms with E-state index in [4.69, 9.17) is 9.15 Å². The number of hydrogen-bond donors (Lipinski definition) is 1. The van der Waals surface area contributed by atoms with E-state index in [1.54, 1.807) is 30.3 Å². The minimum atomic E-state index is -0.314. The molecule has 0 atom stereocenters. The third kappa shape index (κ3) is 5.00. The van der Waals surface area contributed by atoms with Crippen LogP contribution in [0.2, 0.25) is 0 Å². The van der Waals surface area contributed by atoms with E-state index in [1.807, 2.05) is 0 Å². The van der Waals surface area contributed by atoms with Crippen LogP contribution < -0.4 is 4.74 Å². The Labute approximate surface area is 133 Å². The van der Waals surface area contributed by atoms with E-state index in [0.717, 1.165) is 0 Å². The van der Waals surface area contributed by atoms with Crippen LogP contribution in [0.3, 0.4) is 0 Å². The van der Waals surface area contributed by atoms with Gasteiger partial charge in [0.15, 0.2) is 23.1 Å². The first-order valence-electron chi connectivity index (χ1n) is 6.91. The molecule has 0 fully saturated rings. The molecule has 0 aliphatic rings. The number of ketones is 2. The number of aromatic hydroxyl groups is 1. The first-order chi connectivity index (χ1) is 11.1. The molecule has 5 nitrogen and oxygen atoms in total. The maximum atomic E-state index is 11.8. The highest BCUT2D eigenvalue weighted by molar-refractivity contribution is 6.10. The van der Waals surface area contributed by atoms with Crippen molar-refractivity contribution in [3.05, 3.63) is 60.1 Å². The number of ether oxygens (including phenoxy) is 1. The Bertz CT molecular complexity index is 739. The summed E-state index contributed by atoms with van der Waals surface area (Å²) in [6.07, 6.45) is 7.00. The predicted molar refractivity (Wildman–Crippen MR) is 86.1 cm³/mol. The predicted octanol–water partition coefficient (Wildman–Crippen LogP) is 3.25. The second kappa shape index (κ2) is 7.79. The van der Waals surface area contributed by atoms with Gasteiger partial charge in [0.2, 0.25) is 0 Å². The molecular formula is C18H16O5. The van der Waals surface area contributed by atoms with Gasteiger partial charge in [-0.05, 0) is 48.1 Å². The van der Waals surface area contributed by atoms with E-state index in [1.165, 1.54) is 37.7 Å². The van der Waals surface area contributed by atoms with Gasteiger partial charge in [-0.3, -0.25) is 9.59 Å². The van der Waals surface area contributed by atoms with E-state index >= 15 is 0 Å². The fourth-order valence-electron chi connectivity index (χ4n) is 1.84. The van der Waals surface area contributed by atoms with E-state index in [2.05, 4.69) is 0 Å². The lowest BCUT2D eigenvalue weighted by atomic mass is 10.1. The van der Waals surface area contributed by atoms with Crippen molar-refractivity contribution in [3.63, 3.8) is 0 Å². The van der Waals surface area contributed by atoms with Gasteiger partial charge < -0.3 is 14.3 Å². The lowest BCUT2D eigenvalue weighted by Gasteiger charge is -2.03. The summed E-state index contributed by atoms with van der Waals surface area (Å²) in [6.45, 7) is 0. The highest BCUT2D eigenvalue weighted by Gasteiger charge is 2.05. The Morgan fingerprint density at radius 1 is 1.17 bits per heavy atom. The normalized spacial score (nSPS) is 11.2. The number of allylic oxidation sites excluding steroid dienone is 2. The molecule has 23 heavy (non-hydrogen) atoms. The second-order valence-electron chi connectivity index (χ2n) is 4.72. The second-order valence-corrected chi connectivity index (χ2v) is 4.72. The van der Waals surface area contributed by atoms with Crippen LogP contribution in [0.5, 0.6) is 11.5 Å². The first-order valence-corrected chi connectivity index (χ1v) is 6.91. The Morgan fingerprint density at radius 2 is 1.91 bits per heavy atom. The average molecular weight is 312 g/mol. The van der Waals surface area contributed by atoms with Crippen molar-refractivity contribution in [2.75, 3.05) is 7.11 Å². The smallest absolute Gasteiger partial charge is 0.163 e. The Balaban J connectivity index is 1.92. The van der Waals surface area contributed by atoms with Gasteiger partial charge in [-0.25, -0.2) is 0 Å². The molecule has 1 aromatic heterocycles. The highest BCUT2D eigenvalue weighted by Crippen LogP contribution is 2.26. The molecule has 2 rings (SSSR count). The maximum absolute atomic E-state index is 11.8. The zero-order valence-corrected chi connectivity index (χ0v) is 12.6. The van der Waals surface area contributed by atoms with Gasteiger partial charge in [-0.2, -0.15) is 0 Å². The van der Waals surface area contributed by atoms with Gasteiger partial charge in [-0.1, -0.05) is 12.1 Å².